The number of aryl methyl sites for hydroxylation is 1. The molecule has 150 valence electrons. The molecule has 0 aromatic heterocycles. The molecular formula is C24H31NO3. The van der Waals surface area contributed by atoms with Gasteiger partial charge in [-0.1, -0.05) is 48.5 Å². The maximum Gasteiger partial charge on any atom is 0.222 e. The molecule has 0 saturated carbocycles. The smallest absolute Gasteiger partial charge is 0.222 e. The average molecular weight is 382 g/mol. The number of nitrogens with zero attached hydrogens (tertiary/aromatic N) is 1. The molecule has 1 saturated heterocycles. The number of hydrogen-bond donors (Lipinski definition) is 0. The first-order chi connectivity index (χ1) is 13.7. The van der Waals surface area contributed by atoms with Gasteiger partial charge in [0.15, 0.2) is 0 Å². The van der Waals surface area contributed by atoms with Crippen LogP contribution in [0.5, 0.6) is 5.75 Å². The number of benzene rings is 2. The van der Waals surface area contributed by atoms with E-state index in [1.807, 2.05) is 42.2 Å². The average Bonchev–Trinajstić information content (AvgIpc) is 2.73. The summed E-state index contributed by atoms with van der Waals surface area (Å²) in [6.45, 7) is 4.96. The van der Waals surface area contributed by atoms with Crippen molar-refractivity contribution < 1.29 is 14.3 Å². The highest BCUT2D eigenvalue weighted by Gasteiger charge is 2.22. The lowest BCUT2D eigenvalue weighted by molar-refractivity contribution is -0.134. The Labute approximate surface area is 168 Å². The summed E-state index contributed by atoms with van der Waals surface area (Å²) in [5, 5.41) is 0. The van der Waals surface area contributed by atoms with Crippen LogP contribution in [-0.2, 0) is 16.0 Å². The Morgan fingerprint density at radius 2 is 1.71 bits per heavy atom. The van der Waals surface area contributed by atoms with Crippen molar-refractivity contribution in [2.24, 2.45) is 0 Å². The number of amides is 1. The van der Waals surface area contributed by atoms with Crippen LogP contribution in [0.2, 0.25) is 0 Å². The zero-order valence-electron chi connectivity index (χ0n) is 16.8. The van der Waals surface area contributed by atoms with Gasteiger partial charge in [0.2, 0.25) is 5.91 Å². The van der Waals surface area contributed by atoms with Crippen molar-refractivity contribution in [1.29, 1.82) is 0 Å². The summed E-state index contributed by atoms with van der Waals surface area (Å²) in [5.74, 6) is 1.14. The predicted octanol–water partition coefficient (Wildman–Crippen LogP) is 4.40. The largest absolute Gasteiger partial charge is 0.493 e. The van der Waals surface area contributed by atoms with Crippen LogP contribution in [0, 0.1) is 6.92 Å². The van der Waals surface area contributed by atoms with E-state index in [4.69, 9.17) is 9.47 Å². The Morgan fingerprint density at radius 1 is 1.00 bits per heavy atom. The Kier molecular flexibility index (Phi) is 7.92. The molecule has 0 N–H and O–H groups in total. The summed E-state index contributed by atoms with van der Waals surface area (Å²) >= 11 is 0. The number of para-hydroxylation sites is 1. The van der Waals surface area contributed by atoms with Crippen molar-refractivity contribution in [2.75, 3.05) is 26.3 Å². The zero-order valence-corrected chi connectivity index (χ0v) is 16.8. The van der Waals surface area contributed by atoms with Crippen LogP contribution < -0.4 is 4.74 Å². The van der Waals surface area contributed by atoms with Gasteiger partial charge in [0, 0.05) is 19.5 Å². The van der Waals surface area contributed by atoms with Gasteiger partial charge in [-0.05, 0) is 49.8 Å². The van der Waals surface area contributed by atoms with Crippen LogP contribution in [-0.4, -0.2) is 43.2 Å². The van der Waals surface area contributed by atoms with E-state index >= 15 is 0 Å². The maximum atomic E-state index is 12.4. The van der Waals surface area contributed by atoms with E-state index in [-0.39, 0.29) is 12.0 Å². The lowest BCUT2D eigenvalue weighted by Crippen LogP contribution is -2.41. The van der Waals surface area contributed by atoms with Crippen LogP contribution in [0.4, 0.5) is 0 Å². The van der Waals surface area contributed by atoms with Gasteiger partial charge in [0.05, 0.1) is 19.3 Å². The molecular weight excluding hydrogens is 350 g/mol. The lowest BCUT2D eigenvalue weighted by atomic mass is 10.1. The van der Waals surface area contributed by atoms with Crippen molar-refractivity contribution in [1.82, 2.24) is 4.90 Å². The fourth-order valence-electron chi connectivity index (χ4n) is 3.54. The van der Waals surface area contributed by atoms with Gasteiger partial charge in [0.1, 0.15) is 5.75 Å². The Bertz CT molecular complexity index is 724. The van der Waals surface area contributed by atoms with E-state index in [2.05, 4.69) is 24.3 Å². The van der Waals surface area contributed by atoms with E-state index in [0.717, 1.165) is 56.7 Å². The number of carbonyl (C=O) groups excluding carboxylic acids is 1. The fourth-order valence-corrected chi connectivity index (χ4v) is 3.54. The van der Waals surface area contributed by atoms with E-state index in [9.17, 15) is 4.79 Å². The van der Waals surface area contributed by atoms with Gasteiger partial charge < -0.3 is 14.4 Å². The number of rotatable bonds is 9. The molecule has 1 aliphatic rings. The fraction of sp³-hybridized carbons (Fsp3) is 0.458. The second-order valence-corrected chi connectivity index (χ2v) is 7.40. The highest BCUT2D eigenvalue weighted by molar-refractivity contribution is 5.76. The molecule has 28 heavy (non-hydrogen) atoms. The maximum absolute atomic E-state index is 12.4. The van der Waals surface area contributed by atoms with Crippen molar-refractivity contribution in [3.05, 3.63) is 65.7 Å². The number of hydrogen-bond acceptors (Lipinski definition) is 3. The number of carbonyl (C=O) groups is 1. The first-order valence-electron chi connectivity index (χ1n) is 10.3. The molecule has 4 nitrogen and oxygen atoms in total. The normalized spacial score (nSPS) is 14.8. The van der Waals surface area contributed by atoms with Gasteiger partial charge >= 0.3 is 0 Å². The Balaban J connectivity index is 1.28. The molecule has 1 aliphatic heterocycles. The van der Waals surface area contributed by atoms with Gasteiger partial charge in [0.25, 0.3) is 0 Å². The van der Waals surface area contributed by atoms with Crippen LogP contribution in [0.15, 0.2) is 54.6 Å². The number of ether oxygens (including phenoxy) is 2. The third kappa shape index (κ3) is 6.38. The van der Waals surface area contributed by atoms with Crippen LogP contribution in [0.3, 0.4) is 0 Å². The minimum atomic E-state index is 0.233. The number of piperidine rings is 1. The molecule has 1 heterocycles. The van der Waals surface area contributed by atoms with Gasteiger partial charge in [-0.3, -0.25) is 4.79 Å². The molecule has 2 aromatic rings. The molecule has 3 rings (SSSR count). The van der Waals surface area contributed by atoms with Crippen LogP contribution in [0.25, 0.3) is 0 Å². The van der Waals surface area contributed by atoms with E-state index in [0.29, 0.717) is 13.0 Å². The highest BCUT2D eigenvalue weighted by atomic mass is 16.5. The summed E-state index contributed by atoms with van der Waals surface area (Å²) in [6.07, 6.45) is 4.38. The number of likely N-dealkylation sites (tertiary alicyclic amines) is 1. The van der Waals surface area contributed by atoms with Crippen LogP contribution >= 0.6 is 0 Å². The molecule has 1 fully saturated rings. The minimum Gasteiger partial charge on any atom is -0.493 e. The monoisotopic (exact) mass is 381 g/mol. The third-order valence-electron chi connectivity index (χ3n) is 5.27. The summed E-state index contributed by atoms with van der Waals surface area (Å²) in [4.78, 5) is 14.4. The van der Waals surface area contributed by atoms with Crippen molar-refractivity contribution in [3.63, 3.8) is 0 Å². The first-order valence-corrected chi connectivity index (χ1v) is 10.3. The molecule has 4 heteroatoms. The molecule has 0 unspecified atom stereocenters. The summed E-state index contributed by atoms with van der Waals surface area (Å²) in [7, 11) is 0. The Morgan fingerprint density at radius 3 is 2.46 bits per heavy atom. The quantitative estimate of drug-likeness (QED) is 0.604. The minimum absolute atomic E-state index is 0.233. The molecule has 0 atom stereocenters. The lowest BCUT2D eigenvalue weighted by Gasteiger charge is -2.32. The first kappa shape index (κ1) is 20.4. The predicted molar refractivity (Wildman–Crippen MR) is 112 cm³/mol. The van der Waals surface area contributed by atoms with Crippen molar-refractivity contribution >= 4 is 5.91 Å². The van der Waals surface area contributed by atoms with Gasteiger partial charge in [-0.2, -0.15) is 0 Å². The van der Waals surface area contributed by atoms with E-state index in [1.165, 1.54) is 5.56 Å². The second-order valence-electron chi connectivity index (χ2n) is 7.40. The van der Waals surface area contributed by atoms with E-state index in [1.54, 1.807) is 0 Å². The summed E-state index contributed by atoms with van der Waals surface area (Å²) in [6, 6.07) is 18.4. The van der Waals surface area contributed by atoms with Gasteiger partial charge in [-0.15, -0.1) is 0 Å². The van der Waals surface area contributed by atoms with Crippen LogP contribution in [0.1, 0.15) is 36.8 Å². The molecule has 0 spiro atoms. The van der Waals surface area contributed by atoms with E-state index < -0.39 is 0 Å². The van der Waals surface area contributed by atoms with Gasteiger partial charge in [-0.25, -0.2) is 0 Å². The van der Waals surface area contributed by atoms with Crippen molar-refractivity contribution in [2.45, 2.75) is 45.1 Å². The third-order valence-corrected chi connectivity index (χ3v) is 5.27. The van der Waals surface area contributed by atoms with Crippen molar-refractivity contribution in [3.8, 4) is 5.75 Å². The highest BCUT2D eigenvalue weighted by Crippen LogP contribution is 2.18. The molecule has 1 amide bonds. The zero-order chi connectivity index (χ0) is 19.6. The molecule has 0 radical (unpaired) electrons. The molecule has 0 bridgehead atoms. The standard InChI is InChI=1S/C24H31NO3/c1-20-8-5-6-11-23(20)28-18-7-12-24(26)25-16-13-22(14-17-25)27-19-15-21-9-3-2-4-10-21/h2-6,8-11,22H,7,12-19H2,1H3. The second kappa shape index (κ2) is 10.9. The summed E-state index contributed by atoms with van der Waals surface area (Å²) in [5.41, 5.74) is 2.44. The summed E-state index contributed by atoms with van der Waals surface area (Å²) < 4.78 is 11.8. The SMILES string of the molecule is Cc1ccccc1OCCCC(=O)N1CCC(OCCc2ccccc2)CC1. The topological polar surface area (TPSA) is 38.8 Å². The molecule has 2 aromatic carbocycles. The Hall–Kier alpha value is -2.33. The molecule has 0 aliphatic carbocycles.